The number of rotatable bonds is 2. The molecule has 2 saturated heterocycles. The number of nitrogens with zero attached hydrogens (tertiary/aromatic N) is 5. The molecular weight excluding hydrogens is 340 g/mol. The monoisotopic (exact) mass is 358 g/mol. The molecule has 0 radical (unpaired) electrons. The Kier molecular flexibility index (Phi) is 4.00. The summed E-state index contributed by atoms with van der Waals surface area (Å²) in [4.78, 5) is 20.9. The van der Waals surface area contributed by atoms with Gasteiger partial charge in [0, 0.05) is 19.6 Å². The fourth-order valence-corrected chi connectivity index (χ4v) is 4.67. The number of nitriles is 1. The van der Waals surface area contributed by atoms with Gasteiger partial charge < -0.3 is 9.80 Å². The van der Waals surface area contributed by atoms with E-state index in [1.807, 2.05) is 11.0 Å². The van der Waals surface area contributed by atoms with E-state index in [4.69, 9.17) is 16.9 Å². The molecular formula is C17H19ClN6O. The minimum absolute atomic E-state index is 0.0518. The summed E-state index contributed by atoms with van der Waals surface area (Å²) in [5.41, 5.74) is 1.44. The maximum atomic E-state index is 12.4. The average molecular weight is 359 g/mol. The molecule has 1 atom stereocenters. The van der Waals surface area contributed by atoms with Crippen LogP contribution in [0.15, 0.2) is 12.4 Å². The predicted molar refractivity (Wildman–Crippen MR) is 94.3 cm³/mol. The number of amides is 1. The normalized spacial score (nSPS) is 23.4. The van der Waals surface area contributed by atoms with Crippen LogP contribution in [-0.2, 0) is 4.79 Å². The Labute approximate surface area is 150 Å². The zero-order valence-corrected chi connectivity index (χ0v) is 14.6. The highest BCUT2D eigenvalue weighted by molar-refractivity contribution is 6.34. The van der Waals surface area contributed by atoms with Crippen LogP contribution in [0, 0.1) is 11.3 Å². The zero-order valence-electron chi connectivity index (χ0n) is 13.8. The molecule has 1 spiro atoms. The molecule has 4 rings (SSSR count). The highest BCUT2D eigenvalue weighted by atomic mass is 35.5. The summed E-state index contributed by atoms with van der Waals surface area (Å²) in [6, 6.07) is 1.99. The van der Waals surface area contributed by atoms with Crippen molar-refractivity contribution in [1.29, 1.82) is 5.26 Å². The van der Waals surface area contributed by atoms with Crippen LogP contribution in [0.4, 0.5) is 5.69 Å². The van der Waals surface area contributed by atoms with Gasteiger partial charge in [0.1, 0.15) is 6.42 Å². The molecule has 2 aromatic heterocycles. The van der Waals surface area contributed by atoms with Crippen LogP contribution in [0.5, 0.6) is 0 Å². The van der Waals surface area contributed by atoms with Gasteiger partial charge in [-0.1, -0.05) is 11.6 Å². The topological polar surface area (TPSA) is 88.9 Å². The van der Waals surface area contributed by atoms with E-state index >= 15 is 0 Å². The van der Waals surface area contributed by atoms with E-state index in [1.165, 1.54) is 0 Å². The summed E-state index contributed by atoms with van der Waals surface area (Å²) in [5, 5.41) is 17.4. The molecule has 0 bridgehead atoms. The molecule has 2 aliphatic rings. The first kappa shape index (κ1) is 16.2. The molecule has 7 nitrogen and oxygen atoms in total. The van der Waals surface area contributed by atoms with Crippen molar-refractivity contribution in [3.63, 3.8) is 0 Å². The SMILES string of the molecule is N#CCC(=O)N1CCCC12CCCN(c1c(Cl)cnc3[nH]ncc13)C2. The lowest BCUT2D eigenvalue weighted by Gasteiger charge is -2.46. The molecule has 1 N–H and O–H groups in total. The first-order valence-electron chi connectivity index (χ1n) is 8.54. The second-order valence-corrected chi connectivity index (χ2v) is 7.23. The number of pyridine rings is 1. The van der Waals surface area contributed by atoms with Gasteiger partial charge in [-0.25, -0.2) is 4.98 Å². The van der Waals surface area contributed by atoms with Crippen LogP contribution in [0.25, 0.3) is 11.0 Å². The number of carbonyl (C=O) groups excluding carboxylic acids is 1. The van der Waals surface area contributed by atoms with Crippen molar-refractivity contribution >= 4 is 34.2 Å². The van der Waals surface area contributed by atoms with Gasteiger partial charge in [-0.2, -0.15) is 10.4 Å². The fraction of sp³-hybridized carbons (Fsp3) is 0.529. The number of anilines is 1. The molecule has 0 aromatic carbocycles. The Balaban J connectivity index is 1.69. The van der Waals surface area contributed by atoms with E-state index < -0.39 is 0 Å². The largest absolute Gasteiger partial charge is 0.367 e. The van der Waals surface area contributed by atoms with Crippen molar-refractivity contribution in [1.82, 2.24) is 20.1 Å². The van der Waals surface area contributed by atoms with Gasteiger partial charge in [-0.05, 0) is 25.7 Å². The summed E-state index contributed by atoms with van der Waals surface area (Å²) < 4.78 is 0. The van der Waals surface area contributed by atoms with Crippen molar-refractivity contribution in [2.75, 3.05) is 24.5 Å². The van der Waals surface area contributed by atoms with Crippen molar-refractivity contribution in [2.45, 2.75) is 37.6 Å². The number of aromatic nitrogens is 3. The second kappa shape index (κ2) is 6.19. The molecule has 1 amide bonds. The van der Waals surface area contributed by atoms with Gasteiger partial charge >= 0.3 is 0 Å². The number of piperidine rings is 1. The van der Waals surface area contributed by atoms with E-state index in [-0.39, 0.29) is 17.9 Å². The Morgan fingerprint density at radius 2 is 2.16 bits per heavy atom. The van der Waals surface area contributed by atoms with E-state index in [0.717, 1.165) is 56.4 Å². The number of nitrogens with one attached hydrogen (secondary N) is 1. The zero-order chi connectivity index (χ0) is 17.4. The minimum Gasteiger partial charge on any atom is -0.367 e. The van der Waals surface area contributed by atoms with E-state index in [9.17, 15) is 4.79 Å². The van der Waals surface area contributed by atoms with E-state index in [1.54, 1.807) is 12.4 Å². The fourth-order valence-electron chi connectivity index (χ4n) is 4.40. The summed E-state index contributed by atoms with van der Waals surface area (Å²) >= 11 is 6.47. The van der Waals surface area contributed by atoms with Gasteiger partial charge in [-0.15, -0.1) is 0 Å². The molecule has 2 aromatic rings. The standard InChI is InChI=1S/C17H19ClN6O/c18-13-10-20-16-12(9-21-22-16)15(13)23-7-1-4-17(11-23)5-2-8-24(17)14(25)3-6-19/h9-10H,1-5,7-8,11H2,(H,20,21,22). The van der Waals surface area contributed by atoms with Crippen molar-refractivity contribution in [3.8, 4) is 6.07 Å². The first-order valence-corrected chi connectivity index (χ1v) is 8.92. The molecule has 0 aliphatic carbocycles. The van der Waals surface area contributed by atoms with Gasteiger partial charge in [-0.3, -0.25) is 9.89 Å². The first-order chi connectivity index (χ1) is 12.1. The number of hydrogen-bond acceptors (Lipinski definition) is 5. The van der Waals surface area contributed by atoms with Crippen LogP contribution >= 0.6 is 11.6 Å². The number of aromatic amines is 1. The minimum atomic E-state index is -0.200. The number of halogens is 1. The van der Waals surface area contributed by atoms with Crippen LogP contribution in [0.1, 0.15) is 32.1 Å². The summed E-state index contributed by atoms with van der Waals surface area (Å²) in [6.07, 6.45) is 7.24. The lowest BCUT2D eigenvalue weighted by molar-refractivity contribution is -0.134. The van der Waals surface area contributed by atoms with Crippen molar-refractivity contribution < 1.29 is 4.79 Å². The molecule has 4 heterocycles. The molecule has 2 fully saturated rings. The highest BCUT2D eigenvalue weighted by Gasteiger charge is 2.46. The summed E-state index contributed by atoms with van der Waals surface area (Å²) in [5.74, 6) is -0.0591. The van der Waals surface area contributed by atoms with E-state index in [2.05, 4.69) is 20.1 Å². The number of carbonyl (C=O) groups is 1. The lowest BCUT2D eigenvalue weighted by atomic mass is 9.85. The van der Waals surface area contributed by atoms with Gasteiger partial charge in [0.25, 0.3) is 0 Å². The van der Waals surface area contributed by atoms with Crippen LogP contribution < -0.4 is 4.90 Å². The van der Waals surface area contributed by atoms with E-state index in [0.29, 0.717) is 10.7 Å². The Hall–Kier alpha value is -2.33. The third kappa shape index (κ3) is 2.61. The van der Waals surface area contributed by atoms with Gasteiger partial charge in [0.05, 0.1) is 40.1 Å². The maximum absolute atomic E-state index is 12.4. The molecule has 25 heavy (non-hydrogen) atoms. The Morgan fingerprint density at radius 3 is 2.96 bits per heavy atom. The van der Waals surface area contributed by atoms with Crippen LogP contribution in [0.2, 0.25) is 5.02 Å². The Bertz CT molecular complexity index is 858. The molecule has 0 saturated carbocycles. The number of H-pyrrole nitrogens is 1. The Morgan fingerprint density at radius 1 is 1.36 bits per heavy atom. The predicted octanol–water partition coefficient (Wildman–Crippen LogP) is 2.49. The molecule has 8 heteroatoms. The smallest absolute Gasteiger partial charge is 0.237 e. The van der Waals surface area contributed by atoms with Crippen LogP contribution in [0.3, 0.4) is 0 Å². The third-order valence-electron chi connectivity index (χ3n) is 5.41. The van der Waals surface area contributed by atoms with Crippen molar-refractivity contribution in [2.24, 2.45) is 0 Å². The van der Waals surface area contributed by atoms with Crippen LogP contribution in [-0.4, -0.2) is 51.2 Å². The average Bonchev–Trinajstić information content (AvgIpc) is 3.22. The maximum Gasteiger partial charge on any atom is 0.237 e. The van der Waals surface area contributed by atoms with Gasteiger partial charge in [0.2, 0.25) is 5.91 Å². The lowest BCUT2D eigenvalue weighted by Crippen LogP contribution is -2.57. The number of likely N-dealkylation sites (tertiary alicyclic amines) is 1. The molecule has 130 valence electrons. The molecule has 1 unspecified atom stereocenters. The molecule has 2 aliphatic heterocycles. The highest BCUT2D eigenvalue weighted by Crippen LogP contribution is 2.41. The van der Waals surface area contributed by atoms with Crippen molar-refractivity contribution in [3.05, 3.63) is 17.4 Å². The third-order valence-corrected chi connectivity index (χ3v) is 5.68. The van der Waals surface area contributed by atoms with Gasteiger partial charge in [0.15, 0.2) is 5.65 Å². The number of fused-ring (bicyclic) bond motifs is 1. The number of hydrogen-bond donors (Lipinski definition) is 1. The summed E-state index contributed by atoms with van der Waals surface area (Å²) in [6.45, 7) is 2.35. The quantitative estimate of drug-likeness (QED) is 0.890. The second-order valence-electron chi connectivity index (χ2n) is 6.82. The summed E-state index contributed by atoms with van der Waals surface area (Å²) in [7, 11) is 0.